The minimum absolute atomic E-state index is 0.0261. The molecule has 0 aliphatic rings. The van der Waals surface area contributed by atoms with E-state index in [0.29, 0.717) is 6.42 Å². The summed E-state index contributed by atoms with van der Waals surface area (Å²) in [6.45, 7) is 0.855. The van der Waals surface area contributed by atoms with Crippen molar-refractivity contribution < 1.29 is 43.2 Å². The van der Waals surface area contributed by atoms with E-state index in [2.05, 4.69) is 16.0 Å². The van der Waals surface area contributed by atoms with Crippen molar-refractivity contribution in [3.05, 3.63) is 46.5 Å². The zero-order chi connectivity index (χ0) is 28.2. The Morgan fingerprint density at radius 1 is 0.632 bits per heavy atom. The highest BCUT2D eigenvalue weighted by Gasteiger charge is 2.22. The molecule has 0 unspecified atom stereocenters. The topological polar surface area (TPSA) is 188 Å². The Hall–Kier alpha value is -4.52. The molecule has 2 aromatic carbocycles. The van der Waals surface area contributed by atoms with E-state index in [1.54, 1.807) is 0 Å². The first-order valence-electron chi connectivity index (χ1n) is 11.5. The summed E-state index contributed by atoms with van der Waals surface area (Å²) < 4.78 is 20.8. The van der Waals surface area contributed by atoms with Gasteiger partial charge >= 0.3 is 5.97 Å². The van der Waals surface area contributed by atoms with Crippen LogP contribution in [0.2, 0.25) is 0 Å². The van der Waals surface area contributed by atoms with Gasteiger partial charge in [0.2, 0.25) is 0 Å². The van der Waals surface area contributed by atoms with E-state index in [4.69, 9.17) is 24.7 Å². The van der Waals surface area contributed by atoms with E-state index >= 15 is 0 Å². The van der Waals surface area contributed by atoms with Crippen molar-refractivity contribution in [3.8, 4) is 23.0 Å². The molecule has 3 amide bonds. The number of nitrogens with one attached hydrogen (secondary N) is 3. The van der Waals surface area contributed by atoms with Gasteiger partial charge in [-0.2, -0.15) is 0 Å². The van der Waals surface area contributed by atoms with E-state index in [1.807, 2.05) is 0 Å². The molecule has 0 fully saturated rings. The normalized spacial score (nSPS) is 10.2. The quantitative estimate of drug-likeness (QED) is 0.216. The molecular weight excluding hydrogens is 500 g/mol. The fourth-order valence-corrected chi connectivity index (χ4v) is 3.46. The zero-order valence-electron chi connectivity index (χ0n) is 21.6. The van der Waals surface area contributed by atoms with Crippen molar-refractivity contribution in [1.82, 2.24) is 16.0 Å². The molecule has 0 spiro atoms. The lowest BCUT2D eigenvalue weighted by molar-refractivity contribution is 0.0692. The second-order valence-corrected chi connectivity index (χ2v) is 7.72. The van der Waals surface area contributed by atoms with Gasteiger partial charge in [0.1, 0.15) is 28.6 Å². The standard InChI is InChI=1S/C25H32N4O9/c1-35-18-12-19(36-2)15(24(32)29-9-6-26)10-14(18)22(30)27-7-5-8-28-23(31)16-11-17(25(33)34)21(38-4)13-20(16)37-3/h10-13H,5-9,26H2,1-4H3,(H,27,30)(H,28,31)(H,29,32)(H,33,34). The van der Waals surface area contributed by atoms with Gasteiger partial charge in [0.15, 0.2) is 0 Å². The third-order valence-electron chi connectivity index (χ3n) is 5.36. The number of hydrogen-bond acceptors (Lipinski definition) is 9. The van der Waals surface area contributed by atoms with Crippen LogP contribution in [0.15, 0.2) is 24.3 Å². The van der Waals surface area contributed by atoms with E-state index in [1.165, 1.54) is 52.7 Å². The molecule has 2 rings (SSSR count). The minimum Gasteiger partial charge on any atom is -0.496 e. The van der Waals surface area contributed by atoms with Crippen molar-refractivity contribution in [3.63, 3.8) is 0 Å². The number of aromatic carboxylic acids is 1. The average molecular weight is 533 g/mol. The van der Waals surface area contributed by atoms with Gasteiger partial charge in [-0.1, -0.05) is 0 Å². The lowest BCUT2D eigenvalue weighted by atomic mass is 10.1. The van der Waals surface area contributed by atoms with Gasteiger partial charge in [-0.25, -0.2) is 4.79 Å². The number of rotatable bonds is 14. The van der Waals surface area contributed by atoms with Crippen molar-refractivity contribution in [2.24, 2.45) is 5.73 Å². The summed E-state index contributed by atoms with van der Waals surface area (Å²) in [5, 5.41) is 17.4. The van der Waals surface area contributed by atoms with Crippen LogP contribution in [-0.2, 0) is 0 Å². The maximum atomic E-state index is 12.8. The fourth-order valence-electron chi connectivity index (χ4n) is 3.46. The number of hydrogen-bond donors (Lipinski definition) is 5. The van der Waals surface area contributed by atoms with Crippen LogP contribution in [0, 0.1) is 0 Å². The van der Waals surface area contributed by atoms with Gasteiger partial charge in [0, 0.05) is 38.3 Å². The molecule has 206 valence electrons. The highest BCUT2D eigenvalue weighted by molar-refractivity contribution is 6.03. The van der Waals surface area contributed by atoms with E-state index < -0.39 is 23.7 Å². The van der Waals surface area contributed by atoms with Crippen LogP contribution < -0.4 is 40.6 Å². The van der Waals surface area contributed by atoms with Crippen molar-refractivity contribution in [2.45, 2.75) is 6.42 Å². The lowest BCUT2D eigenvalue weighted by Gasteiger charge is -2.15. The van der Waals surface area contributed by atoms with Crippen LogP contribution in [0.1, 0.15) is 47.9 Å². The smallest absolute Gasteiger partial charge is 0.339 e. The van der Waals surface area contributed by atoms with Gasteiger partial charge < -0.3 is 45.7 Å². The van der Waals surface area contributed by atoms with E-state index in [0.717, 1.165) is 0 Å². The number of carbonyl (C=O) groups excluding carboxylic acids is 3. The molecule has 2 aromatic rings. The Labute approximate surface area is 219 Å². The van der Waals surface area contributed by atoms with Gasteiger partial charge in [-0.05, 0) is 18.6 Å². The van der Waals surface area contributed by atoms with Crippen LogP contribution in [0.5, 0.6) is 23.0 Å². The predicted molar refractivity (Wildman–Crippen MR) is 137 cm³/mol. The van der Waals surface area contributed by atoms with Crippen LogP contribution >= 0.6 is 0 Å². The maximum absolute atomic E-state index is 12.8. The fraction of sp³-hybridized carbons (Fsp3) is 0.360. The first-order chi connectivity index (χ1) is 18.2. The van der Waals surface area contributed by atoms with Crippen molar-refractivity contribution in [1.29, 1.82) is 0 Å². The van der Waals surface area contributed by atoms with Gasteiger partial charge in [-0.3, -0.25) is 14.4 Å². The number of ether oxygens (including phenoxy) is 4. The third kappa shape index (κ3) is 7.26. The first-order valence-corrected chi connectivity index (χ1v) is 11.5. The van der Waals surface area contributed by atoms with Crippen molar-refractivity contribution in [2.75, 3.05) is 54.6 Å². The Balaban J connectivity index is 2.04. The molecule has 38 heavy (non-hydrogen) atoms. The summed E-state index contributed by atoms with van der Waals surface area (Å²) in [6, 6.07) is 5.32. The van der Waals surface area contributed by atoms with Crippen LogP contribution in [-0.4, -0.2) is 83.4 Å². The molecule has 0 saturated carbocycles. The summed E-state index contributed by atoms with van der Waals surface area (Å²) in [4.78, 5) is 49.4. The minimum atomic E-state index is -1.25. The van der Waals surface area contributed by atoms with E-state index in [-0.39, 0.29) is 71.4 Å². The predicted octanol–water partition coefficient (Wildman–Crippen LogP) is 0.658. The summed E-state index contributed by atoms with van der Waals surface area (Å²) in [7, 11) is 5.45. The summed E-state index contributed by atoms with van der Waals surface area (Å²) in [5.41, 5.74) is 5.55. The second-order valence-electron chi connectivity index (χ2n) is 7.72. The summed E-state index contributed by atoms with van der Waals surface area (Å²) in [6.07, 6.45) is 0.351. The average Bonchev–Trinajstić information content (AvgIpc) is 2.93. The molecule has 13 nitrogen and oxygen atoms in total. The number of carboxylic acids is 1. The monoisotopic (exact) mass is 532 g/mol. The molecule has 0 aromatic heterocycles. The van der Waals surface area contributed by atoms with Crippen LogP contribution in [0.3, 0.4) is 0 Å². The largest absolute Gasteiger partial charge is 0.496 e. The second kappa shape index (κ2) is 14.3. The maximum Gasteiger partial charge on any atom is 0.339 e. The first kappa shape index (κ1) is 29.7. The molecule has 0 heterocycles. The summed E-state index contributed by atoms with van der Waals surface area (Å²) in [5.74, 6) is -2.10. The van der Waals surface area contributed by atoms with Gasteiger partial charge in [0.25, 0.3) is 17.7 Å². The molecule has 13 heteroatoms. The van der Waals surface area contributed by atoms with E-state index in [9.17, 15) is 24.3 Å². The lowest BCUT2D eigenvalue weighted by Crippen LogP contribution is -2.31. The number of nitrogens with two attached hydrogens (primary N) is 1. The molecule has 0 saturated heterocycles. The molecule has 6 N–H and O–H groups in total. The Morgan fingerprint density at radius 3 is 1.32 bits per heavy atom. The molecule has 0 atom stereocenters. The highest BCUT2D eigenvalue weighted by atomic mass is 16.5. The Bertz CT molecular complexity index is 1180. The number of carbonyl (C=O) groups is 4. The molecule has 0 aliphatic heterocycles. The number of carboxylic acid groups (broad SMARTS) is 1. The van der Waals surface area contributed by atoms with Crippen LogP contribution in [0.25, 0.3) is 0 Å². The number of methoxy groups -OCH3 is 4. The third-order valence-corrected chi connectivity index (χ3v) is 5.36. The molecular formula is C25H32N4O9. The Morgan fingerprint density at radius 2 is 0.974 bits per heavy atom. The number of benzene rings is 2. The zero-order valence-corrected chi connectivity index (χ0v) is 21.6. The number of amides is 3. The molecule has 0 bridgehead atoms. The SMILES string of the molecule is COc1cc(OC)c(C(=O)NCCCNC(=O)c2cc(C(=O)NCCN)c(OC)cc2OC)cc1C(=O)O. The molecule has 0 aliphatic carbocycles. The highest BCUT2D eigenvalue weighted by Crippen LogP contribution is 2.30. The van der Waals surface area contributed by atoms with Gasteiger partial charge in [0.05, 0.1) is 45.1 Å². The van der Waals surface area contributed by atoms with Gasteiger partial charge in [-0.15, -0.1) is 0 Å². The van der Waals surface area contributed by atoms with Crippen LogP contribution in [0.4, 0.5) is 0 Å². The Kier molecular flexibility index (Phi) is 11.2. The van der Waals surface area contributed by atoms with Crippen molar-refractivity contribution >= 4 is 23.7 Å². The molecule has 0 radical (unpaired) electrons. The summed E-state index contributed by atoms with van der Waals surface area (Å²) >= 11 is 0.